The summed E-state index contributed by atoms with van der Waals surface area (Å²) in [6, 6.07) is 9.26. The van der Waals surface area contributed by atoms with Gasteiger partial charge >= 0.3 is 12.3 Å². The third kappa shape index (κ3) is 2.68. The fourth-order valence-corrected chi connectivity index (χ4v) is 2.09. The Labute approximate surface area is 118 Å². The summed E-state index contributed by atoms with van der Waals surface area (Å²) in [7, 11) is 1.51. The maximum Gasteiger partial charge on any atom is 0.327 e. The SMILES string of the molecule is COc1ccc2cc(C(Cl)C(F)(F)C(F)F)ccc2c1. The normalized spacial score (nSPS) is 13.8. The molecule has 0 spiro atoms. The summed E-state index contributed by atoms with van der Waals surface area (Å²) in [6.07, 6.45) is -3.81. The maximum absolute atomic E-state index is 13.2. The Bertz CT molecular complexity index is 615. The molecule has 2 aromatic rings. The zero-order chi connectivity index (χ0) is 14.9. The van der Waals surface area contributed by atoms with E-state index in [9.17, 15) is 17.6 Å². The standard InChI is InChI=1S/C14H11ClF4O/c1-20-11-5-4-8-6-10(3-2-9(8)7-11)12(15)14(18,19)13(16)17/h2-7,12-13H,1H3. The highest BCUT2D eigenvalue weighted by atomic mass is 35.5. The van der Waals surface area contributed by atoms with Gasteiger partial charge in [0.2, 0.25) is 0 Å². The molecule has 0 radical (unpaired) electrons. The van der Waals surface area contributed by atoms with Crippen LogP contribution in [-0.2, 0) is 0 Å². The molecule has 2 aromatic carbocycles. The van der Waals surface area contributed by atoms with Gasteiger partial charge in [-0.15, -0.1) is 11.6 Å². The second-order valence-electron chi connectivity index (χ2n) is 4.31. The van der Waals surface area contributed by atoms with Gasteiger partial charge in [-0.25, -0.2) is 8.78 Å². The highest BCUT2D eigenvalue weighted by Gasteiger charge is 2.48. The summed E-state index contributed by atoms with van der Waals surface area (Å²) < 4.78 is 56.1. The van der Waals surface area contributed by atoms with Crippen molar-refractivity contribution in [2.45, 2.75) is 17.7 Å². The van der Waals surface area contributed by atoms with E-state index in [4.69, 9.17) is 16.3 Å². The zero-order valence-electron chi connectivity index (χ0n) is 10.4. The topological polar surface area (TPSA) is 9.23 Å². The largest absolute Gasteiger partial charge is 0.497 e. The van der Waals surface area contributed by atoms with Gasteiger partial charge in [0.1, 0.15) is 11.1 Å². The molecule has 1 atom stereocenters. The van der Waals surface area contributed by atoms with Gasteiger partial charge in [0.05, 0.1) is 7.11 Å². The molecule has 0 aliphatic rings. The van der Waals surface area contributed by atoms with Gasteiger partial charge in [-0.05, 0) is 34.5 Å². The lowest BCUT2D eigenvalue weighted by atomic mass is 10.0. The number of alkyl halides is 5. The van der Waals surface area contributed by atoms with Crippen molar-refractivity contribution in [1.82, 2.24) is 0 Å². The summed E-state index contributed by atoms with van der Waals surface area (Å²) in [5, 5.41) is -0.703. The van der Waals surface area contributed by atoms with E-state index < -0.39 is 17.7 Å². The van der Waals surface area contributed by atoms with Gasteiger partial charge in [0.15, 0.2) is 0 Å². The van der Waals surface area contributed by atoms with E-state index in [0.29, 0.717) is 11.1 Å². The molecule has 0 heterocycles. The van der Waals surface area contributed by atoms with Crippen molar-refractivity contribution >= 4 is 22.4 Å². The summed E-state index contributed by atoms with van der Waals surface area (Å²) in [5.41, 5.74) is -0.0466. The van der Waals surface area contributed by atoms with Crippen LogP contribution in [0.1, 0.15) is 10.9 Å². The molecule has 0 saturated carbocycles. The van der Waals surface area contributed by atoms with Crippen LogP contribution in [0.15, 0.2) is 36.4 Å². The molecule has 0 aliphatic heterocycles. The van der Waals surface area contributed by atoms with Crippen LogP contribution in [0, 0.1) is 0 Å². The van der Waals surface area contributed by atoms with Gasteiger partial charge in [-0.2, -0.15) is 8.78 Å². The van der Waals surface area contributed by atoms with Crippen LogP contribution >= 0.6 is 11.6 Å². The van der Waals surface area contributed by atoms with Crippen molar-refractivity contribution in [1.29, 1.82) is 0 Å². The van der Waals surface area contributed by atoms with E-state index in [1.807, 2.05) is 0 Å². The number of halogens is 5. The molecule has 0 aromatic heterocycles. The highest BCUT2D eigenvalue weighted by molar-refractivity contribution is 6.21. The first-order valence-electron chi connectivity index (χ1n) is 5.74. The van der Waals surface area contributed by atoms with Crippen molar-refractivity contribution in [2.24, 2.45) is 0 Å². The molecule has 0 bridgehead atoms. The van der Waals surface area contributed by atoms with Gasteiger partial charge < -0.3 is 4.74 Å². The number of hydrogen-bond acceptors (Lipinski definition) is 1. The molecular weight excluding hydrogens is 296 g/mol. The van der Waals surface area contributed by atoms with Crippen molar-refractivity contribution in [3.8, 4) is 5.75 Å². The third-order valence-corrected chi connectivity index (χ3v) is 3.54. The molecule has 1 nitrogen and oxygen atoms in total. The Kier molecular flexibility index (Phi) is 4.09. The van der Waals surface area contributed by atoms with Crippen LogP contribution in [0.3, 0.4) is 0 Å². The fourth-order valence-electron chi connectivity index (χ4n) is 1.86. The summed E-state index contributed by atoms with van der Waals surface area (Å²) in [4.78, 5) is 0. The molecular formula is C14H11ClF4O. The van der Waals surface area contributed by atoms with E-state index in [2.05, 4.69) is 0 Å². The van der Waals surface area contributed by atoms with E-state index in [1.54, 1.807) is 24.3 Å². The molecule has 6 heteroatoms. The van der Waals surface area contributed by atoms with E-state index in [1.165, 1.54) is 19.2 Å². The number of hydrogen-bond donors (Lipinski definition) is 0. The second-order valence-corrected chi connectivity index (χ2v) is 4.75. The van der Waals surface area contributed by atoms with Crippen LogP contribution in [-0.4, -0.2) is 19.5 Å². The Hall–Kier alpha value is -1.49. The lowest BCUT2D eigenvalue weighted by Gasteiger charge is -2.21. The van der Waals surface area contributed by atoms with Gasteiger partial charge in [-0.3, -0.25) is 0 Å². The number of benzene rings is 2. The molecule has 0 amide bonds. The fraction of sp³-hybridized carbons (Fsp3) is 0.286. The Morgan fingerprint density at radius 2 is 1.65 bits per heavy atom. The minimum Gasteiger partial charge on any atom is -0.497 e. The number of methoxy groups -OCH3 is 1. The van der Waals surface area contributed by atoms with Crippen LogP contribution in [0.5, 0.6) is 5.75 Å². The molecule has 2 rings (SSSR count). The lowest BCUT2D eigenvalue weighted by Crippen LogP contribution is -2.31. The Morgan fingerprint density at radius 3 is 2.25 bits per heavy atom. The molecule has 0 saturated heterocycles. The predicted octanol–water partition coefficient (Wildman–Crippen LogP) is 5.03. The Balaban J connectivity index is 2.42. The maximum atomic E-state index is 13.2. The van der Waals surface area contributed by atoms with Crippen molar-refractivity contribution < 1.29 is 22.3 Å². The molecule has 0 N–H and O–H groups in total. The summed E-state index contributed by atoms with van der Waals surface area (Å²) in [5.74, 6) is -3.66. The smallest absolute Gasteiger partial charge is 0.327 e. The monoisotopic (exact) mass is 306 g/mol. The van der Waals surface area contributed by atoms with Crippen LogP contribution < -0.4 is 4.74 Å². The number of rotatable bonds is 4. The van der Waals surface area contributed by atoms with E-state index in [-0.39, 0.29) is 5.56 Å². The average molecular weight is 307 g/mol. The predicted molar refractivity (Wildman–Crippen MR) is 70.0 cm³/mol. The first-order chi connectivity index (χ1) is 9.36. The average Bonchev–Trinajstić information content (AvgIpc) is 2.45. The van der Waals surface area contributed by atoms with E-state index >= 15 is 0 Å². The molecule has 0 aliphatic carbocycles. The second kappa shape index (κ2) is 5.48. The van der Waals surface area contributed by atoms with Gasteiger partial charge in [0.25, 0.3) is 0 Å². The van der Waals surface area contributed by atoms with Crippen LogP contribution in [0.2, 0.25) is 0 Å². The number of fused-ring (bicyclic) bond motifs is 1. The zero-order valence-corrected chi connectivity index (χ0v) is 11.2. The minimum absolute atomic E-state index is 0.0466. The third-order valence-electron chi connectivity index (χ3n) is 2.99. The first kappa shape index (κ1) is 14.9. The van der Waals surface area contributed by atoms with Crippen molar-refractivity contribution in [3.63, 3.8) is 0 Å². The summed E-state index contributed by atoms with van der Waals surface area (Å²) >= 11 is 5.50. The quantitative estimate of drug-likeness (QED) is 0.569. The highest BCUT2D eigenvalue weighted by Crippen LogP contribution is 2.42. The lowest BCUT2D eigenvalue weighted by molar-refractivity contribution is -0.130. The van der Waals surface area contributed by atoms with Crippen molar-refractivity contribution in [2.75, 3.05) is 7.11 Å². The van der Waals surface area contributed by atoms with E-state index in [0.717, 1.165) is 5.39 Å². The molecule has 20 heavy (non-hydrogen) atoms. The molecule has 108 valence electrons. The number of ether oxygens (including phenoxy) is 1. The Morgan fingerprint density at radius 1 is 1.05 bits per heavy atom. The minimum atomic E-state index is -4.28. The van der Waals surface area contributed by atoms with Crippen LogP contribution in [0.4, 0.5) is 17.6 Å². The molecule has 1 unspecified atom stereocenters. The van der Waals surface area contributed by atoms with Crippen molar-refractivity contribution in [3.05, 3.63) is 42.0 Å². The van der Waals surface area contributed by atoms with Gasteiger partial charge in [0, 0.05) is 0 Å². The first-order valence-corrected chi connectivity index (χ1v) is 6.17. The van der Waals surface area contributed by atoms with Crippen LogP contribution in [0.25, 0.3) is 10.8 Å². The summed E-state index contributed by atoms with van der Waals surface area (Å²) in [6.45, 7) is 0. The van der Waals surface area contributed by atoms with Gasteiger partial charge in [-0.1, -0.05) is 18.2 Å². The molecule has 0 fully saturated rings.